The molecule has 6 nitrogen and oxygen atoms in total. The molecule has 0 saturated heterocycles. The Balaban J connectivity index is 5.43. The van der Waals surface area contributed by atoms with Crippen LogP contribution < -0.4 is 11.5 Å². The molecule has 0 radical (unpaired) electrons. The fourth-order valence-electron chi connectivity index (χ4n) is 1.01. The van der Waals surface area contributed by atoms with E-state index >= 15 is 0 Å². The summed E-state index contributed by atoms with van der Waals surface area (Å²) in [6, 6.07) is -2.86. The Bertz CT molecular complexity index is 436. The molecule has 0 fully saturated rings. The maximum Gasteiger partial charge on any atom is 0.276 e. The van der Waals surface area contributed by atoms with E-state index in [1.807, 2.05) is 0 Å². The van der Waals surface area contributed by atoms with Crippen LogP contribution in [0.3, 0.4) is 0 Å². The van der Waals surface area contributed by atoms with Gasteiger partial charge in [0.2, 0.25) is 0 Å². The average Bonchev–Trinajstić information content (AvgIpc) is 2.22. The molecule has 0 heterocycles. The standard InChI is InChI=1S/C10H20N2O4S3/c1-9(2,17)5(11)7(13)19(15,16)8(14)6(12)10(3,4)18/h5-6,17-18H,11-12H2,1-4H3/t5-,6-/m1/s1. The normalized spacial score (nSPS) is 16.8. The first-order valence-electron chi connectivity index (χ1n) is 5.42. The molecule has 0 amide bonds. The van der Waals surface area contributed by atoms with Crippen molar-refractivity contribution in [3.05, 3.63) is 0 Å². The van der Waals surface area contributed by atoms with E-state index in [0.717, 1.165) is 0 Å². The molecule has 0 aliphatic rings. The summed E-state index contributed by atoms with van der Waals surface area (Å²) in [6.45, 7) is 5.89. The molecule has 112 valence electrons. The predicted octanol–water partition coefficient (Wildman–Crippen LogP) is -0.474. The molecule has 0 aliphatic carbocycles. The monoisotopic (exact) mass is 328 g/mol. The van der Waals surface area contributed by atoms with Gasteiger partial charge in [-0.25, -0.2) is 8.42 Å². The molecule has 0 aromatic rings. The zero-order chi connectivity index (χ0) is 15.8. The van der Waals surface area contributed by atoms with Crippen molar-refractivity contribution in [1.82, 2.24) is 0 Å². The SMILES string of the molecule is CC(C)(S)[C@H](N)C(=O)S(=O)(=O)C(=O)[C@@H](N)C(C)(C)S. The molecule has 0 saturated carbocycles. The highest BCUT2D eigenvalue weighted by Crippen LogP contribution is 2.22. The Morgan fingerprint density at radius 3 is 1.26 bits per heavy atom. The first-order chi connectivity index (χ1) is 8.13. The van der Waals surface area contributed by atoms with Gasteiger partial charge in [0.1, 0.15) is 0 Å². The number of hydrogen-bond donors (Lipinski definition) is 4. The lowest BCUT2D eigenvalue weighted by atomic mass is 10.1. The van der Waals surface area contributed by atoms with Gasteiger partial charge in [-0.05, 0) is 27.7 Å². The van der Waals surface area contributed by atoms with Gasteiger partial charge in [0.15, 0.2) is 0 Å². The lowest BCUT2D eigenvalue weighted by Gasteiger charge is -2.27. The molecule has 0 aromatic carbocycles. The van der Waals surface area contributed by atoms with Crippen LogP contribution in [-0.4, -0.2) is 40.2 Å². The van der Waals surface area contributed by atoms with Crippen LogP contribution in [-0.2, 0) is 19.4 Å². The van der Waals surface area contributed by atoms with Crippen LogP contribution in [0.25, 0.3) is 0 Å². The first-order valence-corrected chi connectivity index (χ1v) is 7.80. The minimum absolute atomic E-state index is 1.08. The molecule has 0 spiro atoms. The Morgan fingerprint density at radius 2 is 1.11 bits per heavy atom. The third kappa shape index (κ3) is 4.45. The minimum Gasteiger partial charge on any atom is -0.319 e. The van der Waals surface area contributed by atoms with Gasteiger partial charge in [-0.2, -0.15) is 25.3 Å². The molecule has 0 unspecified atom stereocenters. The second-order valence-corrected chi connectivity index (χ2v) is 9.52. The zero-order valence-corrected chi connectivity index (χ0v) is 13.9. The smallest absolute Gasteiger partial charge is 0.276 e. The van der Waals surface area contributed by atoms with Crippen molar-refractivity contribution >= 4 is 45.3 Å². The lowest BCUT2D eigenvalue weighted by Crippen LogP contribution is -2.54. The maximum absolute atomic E-state index is 11.9. The summed E-state index contributed by atoms with van der Waals surface area (Å²) in [6.07, 6.45) is 0. The summed E-state index contributed by atoms with van der Waals surface area (Å²) in [5.74, 6) is 0. The molecule has 0 rings (SSSR count). The van der Waals surface area contributed by atoms with Gasteiger partial charge in [-0.15, -0.1) is 0 Å². The fraction of sp³-hybridized carbons (Fsp3) is 0.800. The van der Waals surface area contributed by atoms with Crippen molar-refractivity contribution in [3.8, 4) is 0 Å². The topological polar surface area (TPSA) is 120 Å². The highest BCUT2D eigenvalue weighted by Gasteiger charge is 2.45. The van der Waals surface area contributed by atoms with E-state index in [-0.39, 0.29) is 0 Å². The quantitative estimate of drug-likeness (QED) is 0.518. The molecule has 4 N–H and O–H groups in total. The van der Waals surface area contributed by atoms with Crippen LogP contribution in [0.5, 0.6) is 0 Å². The van der Waals surface area contributed by atoms with Crippen molar-refractivity contribution in [1.29, 1.82) is 0 Å². The van der Waals surface area contributed by atoms with Gasteiger partial charge in [0.05, 0.1) is 12.1 Å². The second kappa shape index (κ2) is 5.72. The zero-order valence-electron chi connectivity index (χ0n) is 11.2. The molecule has 0 bridgehead atoms. The third-order valence-electron chi connectivity index (χ3n) is 2.56. The van der Waals surface area contributed by atoms with E-state index in [0.29, 0.717) is 0 Å². The van der Waals surface area contributed by atoms with Crippen LogP contribution in [0, 0.1) is 0 Å². The number of sulfone groups is 1. The van der Waals surface area contributed by atoms with E-state index in [1.54, 1.807) is 0 Å². The number of nitrogens with two attached hydrogens (primary N) is 2. The van der Waals surface area contributed by atoms with Gasteiger partial charge >= 0.3 is 0 Å². The summed E-state index contributed by atoms with van der Waals surface area (Å²) in [7, 11) is -4.73. The summed E-state index contributed by atoms with van der Waals surface area (Å²) >= 11 is 8.06. The Morgan fingerprint density at radius 1 is 0.895 bits per heavy atom. The van der Waals surface area contributed by atoms with Crippen LogP contribution >= 0.6 is 25.3 Å². The minimum atomic E-state index is -4.73. The van der Waals surface area contributed by atoms with E-state index in [4.69, 9.17) is 11.5 Å². The molecule has 9 heteroatoms. The summed E-state index contributed by atoms with van der Waals surface area (Å²) in [4.78, 5) is 23.6. The highest BCUT2D eigenvalue weighted by atomic mass is 32.2. The van der Waals surface area contributed by atoms with Crippen molar-refractivity contribution in [3.63, 3.8) is 0 Å². The van der Waals surface area contributed by atoms with E-state index in [2.05, 4.69) is 25.3 Å². The first kappa shape index (κ1) is 18.9. The summed E-state index contributed by atoms with van der Waals surface area (Å²) < 4.78 is 21.6. The van der Waals surface area contributed by atoms with Crippen LogP contribution in [0.15, 0.2) is 0 Å². The largest absolute Gasteiger partial charge is 0.319 e. The summed E-state index contributed by atoms with van der Waals surface area (Å²) in [5.41, 5.74) is 11.0. The number of carbonyl (C=O) groups excluding carboxylic acids is 2. The van der Waals surface area contributed by atoms with E-state index < -0.39 is 41.6 Å². The van der Waals surface area contributed by atoms with Gasteiger partial charge in [-0.1, -0.05) is 0 Å². The predicted molar refractivity (Wildman–Crippen MR) is 81.0 cm³/mol. The summed E-state index contributed by atoms with van der Waals surface area (Å²) in [5, 5.41) is -2.77. The second-order valence-electron chi connectivity index (χ2n) is 5.40. The third-order valence-corrected chi connectivity index (χ3v) is 4.68. The van der Waals surface area contributed by atoms with E-state index in [1.165, 1.54) is 27.7 Å². The molecule has 2 atom stereocenters. The van der Waals surface area contributed by atoms with Crippen molar-refractivity contribution in [2.24, 2.45) is 11.5 Å². The lowest BCUT2D eigenvalue weighted by molar-refractivity contribution is -0.116. The van der Waals surface area contributed by atoms with Gasteiger partial charge in [0, 0.05) is 9.49 Å². The van der Waals surface area contributed by atoms with E-state index in [9.17, 15) is 18.0 Å². The van der Waals surface area contributed by atoms with Gasteiger partial charge < -0.3 is 11.5 Å². The van der Waals surface area contributed by atoms with Crippen LogP contribution in [0.1, 0.15) is 27.7 Å². The molecular formula is C10H20N2O4S3. The Hall–Kier alpha value is -0.0900. The number of hydrogen-bond acceptors (Lipinski definition) is 8. The molecular weight excluding hydrogens is 308 g/mol. The highest BCUT2D eigenvalue weighted by molar-refractivity contribution is 8.19. The number of rotatable bonds is 4. The number of thiol groups is 2. The van der Waals surface area contributed by atoms with Gasteiger partial charge in [0.25, 0.3) is 20.1 Å². The van der Waals surface area contributed by atoms with Gasteiger partial charge in [-0.3, -0.25) is 9.59 Å². The molecule has 0 aromatic heterocycles. The van der Waals surface area contributed by atoms with Crippen LogP contribution in [0.2, 0.25) is 0 Å². The Labute approximate surface area is 124 Å². The van der Waals surface area contributed by atoms with Crippen molar-refractivity contribution in [2.45, 2.75) is 49.3 Å². The van der Waals surface area contributed by atoms with Crippen molar-refractivity contribution < 1.29 is 18.0 Å². The Kier molecular flexibility index (Phi) is 5.70. The molecule has 19 heavy (non-hydrogen) atoms. The maximum atomic E-state index is 11.9. The average molecular weight is 328 g/mol. The van der Waals surface area contributed by atoms with Crippen molar-refractivity contribution in [2.75, 3.05) is 0 Å². The van der Waals surface area contributed by atoms with Crippen LogP contribution in [0.4, 0.5) is 0 Å². The number of carbonyl (C=O) groups is 2. The fourth-order valence-corrected chi connectivity index (χ4v) is 2.88. The molecule has 0 aliphatic heterocycles.